The van der Waals surface area contributed by atoms with Gasteiger partial charge in [-0.1, -0.05) is 39.0 Å². The van der Waals surface area contributed by atoms with E-state index in [1.165, 1.54) is 28.6 Å². The minimum absolute atomic E-state index is 0.404. The van der Waals surface area contributed by atoms with Gasteiger partial charge in [0.25, 0.3) is 0 Å². The van der Waals surface area contributed by atoms with Crippen LogP contribution in [-0.2, 0) is 13.6 Å². The Morgan fingerprint density at radius 1 is 1.16 bits per heavy atom. The van der Waals surface area contributed by atoms with Crippen LogP contribution >= 0.6 is 0 Å². The molecule has 0 aliphatic rings. The van der Waals surface area contributed by atoms with E-state index in [-0.39, 0.29) is 0 Å². The van der Waals surface area contributed by atoms with Gasteiger partial charge in [0.2, 0.25) is 0 Å². The summed E-state index contributed by atoms with van der Waals surface area (Å²) in [5.74, 6) is 0. The largest absolute Gasteiger partial charge is 0.346 e. The zero-order valence-corrected chi connectivity index (χ0v) is 12.9. The van der Waals surface area contributed by atoms with Crippen molar-refractivity contribution in [2.45, 2.75) is 40.7 Å². The summed E-state index contributed by atoms with van der Waals surface area (Å²) in [7, 11) is 2.16. The molecule has 1 N–H and O–H groups in total. The molecule has 104 valence electrons. The van der Waals surface area contributed by atoms with Crippen LogP contribution in [0.4, 0.5) is 0 Å². The number of hydrogen-bond acceptors (Lipinski definition) is 1. The Morgan fingerprint density at radius 3 is 2.47 bits per heavy atom. The normalized spacial score (nSPS) is 12.3. The Balaban J connectivity index is 2.09. The van der Waals surface area contributed by atoms with E-state index in [9.17, 15) is 0 Å². The molecule has 0 aliphatic heterocycles. The summed E-state index contributed by atoms with van der Waals surface area (Å²) in [6.45, 7) is 11.1. The number of nitrogens with zero attached hydrogens (tertiary/aromatic N) is 1. The zero-order valence-electron chi connectivity index (χ0n) is 12.9. The van der Waals surface area contributed by atoms with Gasteiger partial charge in [0.1, 0.15) is 0 Å². The van der Waals surface area contributed by atoms with Gasteiger partial charge < -0.3 is 9.88 Å². The van der Waals surface area contributed by atoms with Gasteiger partial charge in [-0.2, -0.15) is 0 Å². The smallest absolute Gasteiger partial charge is 0.0483 e. The summed E-state index contributed by atoms with van der Waals surface area (Å²) < 4.78 is 2.31. The molecule has 0 atom stereocenters. The second-order valence-corrected chi connectivity index (χ2v) is 6.64. The van der Waals surface area contributed by atoms with Crippen molar-refractivity contribution in [2.24, 2.45) is 12.5 Å². The van der Waals surface area contributed by atoms with Crippen LogP contribution in [0, 0.1) is 12.3 Å². The van der Waals surface area contributed by atoms with Gasteiger partial charge >= 0.3 is 0 Å². The maximum absolute atomic E-state index is 3.58. The van der Waals surface area contributed by atoms with Crippen molar-refractivity contribution in [3.63, 3.8) is 0 Å². The van der Waals surface area contributed by atoms with E-state index < -0.39 is 0 Å². The number of para-hydroxylation sites is 1. The van der Waals surface area contributed by atoms with Crippen LogP contribution in [0.25, 0.3) is 10.9 Å². The van der Waals surface area contributed by atoms with Gasteiger partial charge in [-0.25, -0.2) is 0 Å². The highest BCUT2D eigenvalue weighted by Gasteiger charge is 2.12. The fraction of sp³-hybridized carbons (Fsp3) is 0.529. The van der Waals surface area contributed by atoms with Crippen molar-refractivity contribution in [3.05, 3.63) is 35.5 Å². The van der Waals surface area contributed by atoms with Crippen LogP contribution in [0.3, 0.4) is 0 Å². The van der Waals surface area contributed by atoms with Gasteiger partial charge in [0.15, 0.2) is 0 Å². The maximum atomic E-state index is 3.58. The van der Waals surface area contributed by atoms with Crippen LogP contribution < -0.4 is 5.32 Å². The van der Waals surface area contributed by atoms with E-state index in [1.54, 1.807) is 0 Å². The second kappa shape index (κ2) is 5.38. The summed E-state index contributed by atoms with van der Waals surface area (Å²) in [5.41, 5.74) is 4.53. The minimum Gasteiger partial charge on any atom is -0.346 e. The highest BCUT2D eigenvalue weighted by molar-refractivity contribution is 5.85. The van der Waals surface area contributed by atoms with Crippen LogP contribution in [-0.4, -0.2) is 11.1 Å². The first kappa shape index (κ1) is 14.1. The molecule has 0 amide bonds. The Hall–Kier alpha value is -1.28. The van der Waals surface area contributed by atoms with E-state index in [0.717, 1.165) is 13.1 Å². The van der Waals surface area contributed by atoms with E-state index in [1.807, 2.05) is 0 Å². The van der Waals surface area contributed by atoms with Crippen molar-refractivity contribution in [3.8, 4) is 0 Å². The number of aromatic nitrogens is 1. The molecule has 19 heavy (non-hydrogen) atoms. The maximum Gasteiger partial charge on any atom is 0.0483 e. The monoisotopic (exact) mass is 258 g/mol. The molecule has 2 heteroatoms. The molecule has 1 aromatic carbocycles. The van der Waals surface area contributed by atoms with Crippen LogP contribution in [0.15, 0.2) is 24.3 Å². The molecule has 1 heterocycles. The fourth-order valence-corrected chi connectivity index (χ4v) is 2.56. The third-order valence-corrected chi connectivity index (χ3v) is 3.85. The second-order valence-electron chi connectivity index (χ2n) is 6.64. The molecule has 0 aliphatic carbocycles. The Kier molecular flexibility index (Phi) is 4.00. The summed E-state index contributed by atoms with van der Waals surface area (Å²) in [6, 6.07) is 8.63. The number of benzene rings is 1. The Labute approximate surface area is 116 Å². The molecule has 0 saturated heterocycles. The number of nitrogens with one attached hydrogen (secondary N) is 1. The molecule has 2 rings (SSSR count). The quantitative estimate of drug-likeness (QED) is 0.820. The first-order valence-corrected chi connectivity index (χ1v) is 7.14. The lowest BCUT2D eigenvalue weighted by Crippen LogP contribution is -2.21. The molecular formula is C17H26N2. The van der Waals surface area contributed by atoms with Crippen molar-refractivity contribution in [2.75, 3.05) is 6.54 Å². The SMILES string of the molecule is Cc1c(CNCCC(C)(C)C)n(C)c2ccccc12. The third kappa shape index (κ3) is 3.19. The first-order valence-electron chi connectivity index (χ1n) is 7.14. The minimum atomic E-state index is 0.404. The van der Waals surface area contributed by atoms with E-state index in [2.05, 4.69) is 68.9 Å². The van der Waals surface area contributed by atoms with Crippen LogP contribution in [0.1, 0.15) is 38.4 Å². The number of aryl methyl sites for hydroxylation is 2. The standard InChI is InChI=1S/C17H26N2/c1-13-14-8-6-7-9-15(14)19(5)16(13)12-18-11-10-17(2,3)4/h6-9,18H,10-12H2,1-5H3. The predicted octanol–water partition coefficient (Wildman–Crippen LogP) is 4.01. The number of rotatable bonds is 4. The van der Waals surface area contributed by atoms with Gasteiger partial charge in [0.05, 0.1) is 0 Å². The third-order valence-electron chi connectivity index (χ3n) is 3.85. The molecule has 2 aromatic rings. The molecule has 1 aromatic heterocycles. The van der Waals surface area contributed by atoms with Crippen molar-refractivity contribution >= 4 is 10.9 Å². The summed E-state index contributed by atoms with van der Waals surface area (Å²) >= 11 is 0. The molecular weight excluding hydrogens is 232 g/mol. The van der Waals surface area contributed by atoms with Crippen LogP contribution in [0.5, 0.6) is 0 Å². The predicted molar refractivity (Wildman–Crippen MR) is 83.4 cm³/mol. The molecule has 2 nitrogen and oxygen atoms in total. The number of hydrogen-bond donors (Lipinski definition) is 1. The van der Waals surface area contributed by atoms with Crippen molar-refractivity contribution in [1.82, 2.24) is 9.88 Å². The topological polar surface area (TPSA) is 17.0 Å². The van der Waals surface area contributed by atoms with E-state index in [0.29, 0.717) is 5.41 Å². The molecule has 0 bridgehead atoms. The highest BCUT2D eigenvalue weighted by Crippen LogP contribution is 2.24. The average Bonchev–Trinajstić information content (AvgIpc) is 2.58. The highest BCUT2D eigenvalue weighted by atomic mass is 15.0. The van der Waals surface area contributed by atoms with E-state index in [4.69, 9.17) is 0 Å². The van der Waals surface area contributed by atoms with Crippen molar-refractivity contribution < 1.29 is 0 Å². The summed E-state index contributed by atoms with van der Waals surface area (Å²) in [5, 5.41) is 4.95. The van der Waals surface area contributed by atoms with Gasteiger partial charge in [-0.3, -0.25) is 0 Å². The van der Waals surface area contributed by atoms with Crippen LogP contribution in [0.2, 0.25) is 0 Å². The molecule has 0 fully saturated rings. The van der Waals surface area contributed by atoms with Crippen molar-refractivity contribution in [1.29, 1.82) is 0 Å². The van der Waals surface area contributed by atoms with E-state index >= 15 is 0 Å². The lowest BCUT2D eigenvalue weighted by molar-refractivity contribution is 0.366. The lowest BCUT2D eigenvalue weighted by Gasteiger charge is -2.18. The molecule has 0 spiro atoms. The number of fused-ring (bicyclic) bond motifs is 1. The molecule has 0 unspecified atom stereocenters. The Morgan fingerprint density at radius 2 is 1.84 bits per heavy atom. The average molecular weight is 258 g/mol. The molecule has 0 saturated carbocycles. The van der Waals surface area contributed by atoms with Gasteiger partial charge in [0, 0.05) is 30.2 Å². The molecule has 0 radical (unpaired) electrons. The summed E-state index contributed by atoms with van der Waals surface area (Å²) in [4.78, 5) is 0. The lowest BCUT2D eigenvalue weighted by atomic mass is 9.92. The summed E-state index contributed by atoms with van der Waals surface area (Å²) in [6.07, 6.45) is 1.20. The van der Waals surface area contributed by atoms with Gasteiger partial charge in [-0.15, -0.1) is 0 Å². The zero-order chi connectivity index (χ0) is 14.0. The first-order chi connectivity index (χ1) is 8.90. The fourth-order valence-electron chi connectivity index (χ4n) is 2.56. The van der Waals surface area contributed by atoms with Gasteiger partial charge in [-0.05, 0) is 36.9 Å². The Bertz CT molecular complexity index is 519.